The van der Waals surface area contributed by atoms with Crippen LogP contribution in [0.4, 0.5) is 0 Å². The summed E-state index contributed by atoms with van der Waals surface area (Å²) in [5.41, 5.74) is -0.688. The first-order chi connectivity index (χ1) is 8.39. The van der Waals surface area contributed by atoms with E-state index in [0.717, 1.165) is 13.1 Å². The fourth-order valence-corrected chi connectivity index (χ4v) is 2.05. The van der Waals surface area contributed by atoms with Crippen LogP contribution >= 0.6 is 0 Å². The molecule has 1 N–H and O–H groups in total. The molecule has 0 bridgehead atoms. The summed E-state index contributed by atoms with van der Waals surface area (Å²) in [7, 11) is 3.10. The van der Waals surface area contributed by atoms with E-state index in [1.54, 1.807) is 7.11 Å². The van der Waals surface area contributed by atoms with Crippen molar-refractivity contribution in [2.75, 3.05) is 40.5 Å². The Kier molecular flexibility index (Phi) is 8.15. The van der Waals surface area contributed by atoms with Crippen LogP contribution in [0, 0.1) is 0 Å². The van der Waals surface area contributed by atoms with Crippen LogP contribution in [-0.2, 0) is 14.3 Å². The summed E-state index contributed by atoms with van der Waals surface area (Å²) in [6, 6.07) is 0.218. The monoisotopic (exact) mass is 260 g/mol. The number of carbonyl (C=O) groups excluding carboxylic acids is 1. The molecule has 0 saturated carbocycles. The second-order valence-electron chi connectivity index (χ2n) is 4.98. The van der Waals surface area contributed by atoms with Crippen LogP contribution in [0.15, 0.2) is 0 Å². The van der Waals surface area contributed by atoms with E-state index in [2.05, 4.69) is 17.1 Å². The van der Waals surface area contributed by atoms with Crippen molar-refractivity contribution in [1.82, 2.24) is 10.2 Å². The van der Waals surface area contributed by atoms with Crippen molar-refractivity contribution in [3.05, 3.63) is 0 Å². The fourth-order valence-electron chi connectivity index (χ4n) is 2.05. The quantitative estimate of drug-likeness (QED) is 0.624. The summed E-state index contributed by atoms with van der Waals surface area (Å²) >= 11 is 0. The van der Waals surface area contributed by atoms with Gasteiger partial charge in [0.2, 0.25) is 0 Å². The number of ether oxygens (including phenoxy) is 2. The van der Waals surface area contributed by atoms with Crippen molar-refractivity contribution in [3.8, 4) is 0 Å². The molecule has 0 aromatic carbocycles. The van der Waals surface area contributed by atoms with Gasteiger partial charge in [-0.2, -0.15) is 0 Å². The molecule has 108 valence electrons. The lowest BCUT2D eigenvalue weighted by molar-refractivity contribution is -0.149. The second kappa shape index (κ2) is 8.45. The maximum absolute atomic E-state index is 12.0. The molecule has 0 spiro atoms. The molecule has 0 radical (unpaired) electrons. The topological polar surface area (TPSA) is 50.8 Å². The SMILES string of the molecule is CCN(CCOC)CC(C)(NC(C)C)C(=O)OC. The zero-order chi connectivity index (χ0) is 14.2. The van der Waals surface area contributed by atoms with Crippen molar-refractivity contribution >= 4 is 5.97 Å². The third-order valence-electron chi connectivity index (χ3n) is 2.84. The lowest BCUT2D eigenvalue weighted by atomic mass is 10.0. The Labute approximate surface area is 111 Å². The van der Waals surface area contributed by atoms with Crippen molar-refractivity contribution in [2.24, 2.45) is 0 Å². The average Bonchev–Trinajstić information content (AvgIpc) is 2.32. The van der Waals surface area contributed by atoms with Crippen molar-refractivity contribution in [3.63, 3.8) is 0 Å². The Bertz CT molecular complexity index is 246. The summed E-state index contributed by atoms with van der Waals surface area (Å²) < 4.78 is 9.99. The van der Waals surface area contributed by atoms with Crippen molar-refractivity contribution in [1.29, 1.82) is 0 Å². The van der Waals surface area contributed by atoms with E-state index in [-0.39, 0.29) is 12.0 Å². The zero-order valence-electron chi connectivity index (χ0n) is 12.6. The van der Waals surface area contributed by atoms with E-state index >= 15 is 0 Å². The number of hydrogen-bond donors (Lipinski definition) is 1. The van der Waals surface area contributed by atoms with Gasteiger partial charge >= 0.3 is 5.97 Å². The van der Waals surface area contributed by atoms with Gasteiger partial charge in [-0.25, -0.2) is 0 Å². The van der Waals surface area contributed by atoms with Crippen LogP contribution < -0.4 is 5.32 Å². The average molecular weight is 260 g/mol. The first-order valence-electron chi connectivity index (χ1n) is 6.47. The predicted octanol–water partition coefficient (Wildman–Crippen LogP) is 0.884. The summed E-state index contributed by atoms with van der Waals surface area (Å²) in [5.74, 6) is -0.230. The van der Waals surface area contributed by atoms with Crippen LogP contribution in [0.25, 0.3) is 0 Å². The number of carbonyl (C=O) groups is 1. The van der Waals surface area contributed by atoms with E-state index in [1.165, 1.54) is 7.11 Å². The van der Waals surface area contributed by atoms with Crippen LogP contribution in [0.3, 0.4) is 0 Å². The molecule has 0 saturated heterocycles. The second-order valence-corrected chi connectivity index (χ2v) is 4.98. The number of rotatable bonds is 9. The van der Waals surface area contributed by atoms with E-state index in [1.807, 2.05) is 20.8 Å². The largest absolute Gasteiger partial charge is 0.468 e. The molecule has 0 aliphatic carbocycles. The summed E-state index contributed by atoms with van der Waals surface area (Å²) in [6.45, 7) is 10.9. The highest BCUT2D eigenvalue weighted by atomic mass is 16.5. The number of hydrogen-bond acceptors (Lipinski definition) is 5. The number of nitrogens with zero attached hydrogens (tertiary/aromatic N) is 1. The van der Waals surface area contributed by atoms with Crippen LogP contribution in [0.2, 0.25) is 0 Å². The third kappa shape index (κ3) is 5.80. The van der Waals surface area contributed by atoms with Crippen molar-refractivity contribution in [2.45, 2.75) is 39.3 Å². The van der Waals surface area contributed by atoms with E-state index < -0.39 is 5.54 Å². The van der Waals surface area contributed by atoms with Gasteiger partial charge in [-0.05, 0) is 27.3 Å². The smallest absolute Gasteiger partial charge is 0.327 e. The molecule has 5 heteroatoms. The predicted molar refractivity (Wildman–Crippen MR) is 72.7 cm³/mol. The Morgan fingerprint density at radius 2 is 2.00 bits per heavy atom. The molecule has 18 heavy (non-hydrogen) atoms. The minimum atomic E-state index is -0.688. The third-order valence-corrected chi connectivity index (χ3v) is 2.84. The molecule has 0 aliphatic rings. The molecule has 1 atom stereocenters. The Hall–Kier alpha value is -0.650. The van der Waals surface area contributed by atoms with Crippen LogP contribution in [0.1, 0.15) is 27.7 Å². The van der Waals surface area contributed by atoms with Gasteiger partial charge in [0.25, 0.3) is 0 Å². The Morgan fingerprint density at radius 1 is 1.39 bits per heavy atom. The number of likely N-dealkylation sites (N-methyl/N-ethyl adjacent to an activating group) is 1. The molecule has 0 amide bonds. The maximum atomic E-state index is 12.0. The molecule has 0 fully saturated rings. The van der Waals surface area contributed by atoms with Crippen LogP contribution in [-0.4, -0.2) is 62.9 Å². The number of methoxy groups -OCH3 is 2. The Morgan fingerprint density at radius 3 is 2.39 bits per heavy atom. The highest BCUT2D eigenvalue weighted by molar-refractivity contribution is 5.80. The minimum absolute atomic E-state index is 0.218. The molecule has 0 heterocycles. The van der Waals surface area contributed by atoms with Gasteiger partial charge in [-0.1, -0.05) is 6.92 Å². The van der Waals surface area contributed by atoms with Gasteiger partial charge < -0.3 is 9.47 Å². The van der Waals surface area contributed by atoms with Crippen molar-refractivity contribution < 1.29 is 14.3 Å². The number of esters is 1. The highest BCUT2D eigenvalue weighted by Crippen LogP contribution is 2.11. The summed E-state index contributed by atoms with van der Waals surface area (Å²) in [5, 5.41) is 3.29. The van der Waals surface area contributed by atoms with Gasteiger partial charge in [0.05, 0.1) is 13.7 Å². The summed E-state index contributed by atoms with van der Waals surface area (Å²) in [4.78, 5) is 14.1. The fraction of sp³-hybridized carbons (Fsp3) is 0.923. The molecule has 0 rings (SSSR count). The molecular weight excluding hydrogens is 232 g/mol. The molecule has 1 unspecified atom stereocenters. The summed E-state index contributed by atoms with van der Waals surface area (Å²) in [6.07, 6.45) is 0. The van der Waals surface area contributed by atoms with Gasteiger partial charge in [0.15, 0.2) is 0 Å². The molecule has 0 aliphatic heterocycles. The minimum Gasteiger partial charge on any atom is -0.468 e. The zero-order valence-corrected chi connectivity index (χ0v) is 12.6. The van der Waals surface area contributed by atoms with Gasteiger partial charge in [-0.15, -0.1) is 0 Å². The van der Waals surface area contributed by atoms with E-state index in [0.29, 0.717) is 13.2 Å². The van der Waals surface area contributed by atoms with Crippen LogP contribution in [0.5, 0.6) is 0 Å². The maximum Gasteiger partial charge on any atom is 0.327 e. The lowest BCUT2D eigenvalue weighted by Gasteiger charge is -2.35. The molecular formula is C13H28N2O3. The van der Waals surface area contributed by atoms with Gasteiger partial charge in [-0.3, -0.25) is 15.0 Å². The molecule has 5 nitrogen and oxygen atoms in total. The molecule has 0 aromatic rings. The first-order valence-corrected chi connectivity index (χ1v) is 6.47. The standard InChI is InChI=1S/C13H28N2O3/c1-7-15(8-9-17-5)10-13(4,12(16)18-6)14-11(2)3/h11,14H,7-10H2,1-6H3. The Balaban J connectivity index is 4.69. The molecule has 0 aromatic heterocycles. The normalized spacial score (nSPS) is 14.9. The lowest BCUT2D eigenvalue weighted by Crippen LogP contribution is -2.59. The first kappa shape index (κ1) is 17.4. The van der Waals surface area contributed by atoms with E-state index in [9.17, 15) is 4.79 Å². The van der Waals surface area contributed by atoms with Gasteiger partial charge in [0, 0.05) is 26.2 Å². The van der Waals surface area contributed by atoms with Gasteiger partial charge in [0.1, 0.15) is 5.54 Å². The van der Waals surface area contributed by atoms with E-state index in [4.69, 9.17) is 9.47 Å². The number of nitrogens with one attached hydrogen (secondary N) is 1. The highest BCUT2D eigenvalue weighted by Gasteiger charge is 2.36.